The van der Waals surface area contributed by atoms with E-state index in [0.29, 0.717) is 25.7 Å². The van der Waals surface area contributed by atoms with Gasteiger partial charge in [-0.25, -0.2) is 4.57 Å². The minimum Gasteiger partial charge on any atom is -0.462 e. The fraction of sp³-hybridized carbons (Fsp3) is 0.597. The maximum absolute atomic E-state index is 12.9. The number of ether oxygens (including phenoxy) is 3. The Morgan fingerprint density at radius 1 is 0.392 bits per heavy atom. The van der Waals surface area contributed by atoms with Crippen LogP contribution in [0.4, 0.5) is 0 Å². The largest absolute Gasteiger partial charge is 0.472 e. The average Bonchev–Trinajstić information content (AvgIpc) is 3.39. The van der Waals surface area contributed by atoms with E-state index >= 15 is 0 Å². The third kappa shape index (κ3) is 52.5. The Morgan fingerprint density at radius 3 is 1.18 bits per heavy atom. The molecule has 0 heterocycles. The van der Waals surface area contributed by atoms with E-state index in [1.165, 1.54) is 19.3 Å². The molecule has 0 spiro atoms. The fourth-order valence-electron chi connectivity index (χ4n) is 6.84. The number of aliphatic hydroxyl groups excluding tert-OH is 1. The number of carbonyl (C=O) groups is 3. The SMILES string of the molecule is CC/C=C\C/C=C\C/C=C\C/C=C\C/C=C\C/C=C\CCC(=O)OC(COC(=O)CCCCC/C=C\C/C=C\C/C=C\CC)COP(=O)(O)OCC(CO)OC(=O)CCCCCCC/C=C\C/C=C\CCCCC. The van der Waals surface area contributed by atoms with Gasteiger partial charge in [0.1, 0.15) is 12.7 Å². The van der Waals surface area contributed by atoms with Crippen LogP contribution in [0.1, 0.15) is 201 Å². The van der Waals surface area contributed by atoms with Crippen molar-refractivity contribution < 1.29 is 52.2 Å². The highest BCUT2D eigenvalue weighted by Gasteiger charge is 2.28. The Hall–Kier alpha value is -4.38. The van der Waals surface area contributed by atoms with E-state index in [1.807, 2.05) is 12.2 Å². The summed E-state index contributed by atoms with van der Waals surface area (Å²) in [6.07, 6.45) is 68.6. The van der Waals surface area contributed by atoms with Gasteiger partial charge in [0.2, 0.25) is 0 Å². The number of phosphoric acid groups is 1. The predicted octanol–water partition coefficient (Wildman–Crippen LogP) is 16.6. The minimum atomic E-state index is -4.79. The fourth-order valence-corrected chi connectivity index (χ4v) is 7.62. The first-order valence-corrected chi connectivity index (χ1v) is 29.6. The highest BCUT2D eigenvalue weighted by Crippen LogP contribution is 2.43. The van der Waals surface area contributed by atoms with E-state index in [9.17, 15) is 28.9 Å². The first-order chi connectivity index (χ1) is 36.2. The molecule has 12 heteroatoms. The van der Waals surface area contributed by atoms with Gasteiger partial charge in [0.25, 0.3) is 0 Å². The Bertz CT molecular complexity index is 1750. The molecule has 0 rings (SSSR count). The summed E-state index contributed by atoms with van der Waals surface area (Å²) in [6.45, 7) is 4.23. The molecule has 74 heavy (non-hydrogen) atoms. The number of rotatable bonds is 50. The number of allylic oxidation sites excluding steroid dienone is 22. The summed E-state index contributed by atoms with van der Waals surface area (Å²) in [5.74, 6) is -1.63. The summed E-state index contributed by atoms with van der Waals surface area (Å²) in [5, 5.41) is 9.80. The maximum Gasteiger partial charge on any atom is 0.472 e. The van der Waals surface area contributed by atoms with Gasteiger partial charge >= 0.3 is 25.7 Å². The summed E-state index contributed by atoms with van der Waals surface area (Å²) < 4.78 is 39.3. The molecule has 0 saturated heterocycles. The number of unbranched alkanes of at least 4 members (excludes halogenated alkanes) is 11. The Balaban J connectivity index is 4.90. The molecule has 0 amide bonds. The van der Waals surface area contributed by atoms with Crippen molar-refractivity contribution >= 4 is 25.7 Å². The first-order valence-electron chi connectivity index (χ1n) is 28.1. The van der Waals surface area contributed by atoms with E-state index < -0.39 is 57.8 Å². The highest BCUT2D eigenvalue weighted by molar-refractivity contribution is 7.47. The third-order valence-corrected chi connectivity index (χ3v) is 12.0. The molecule has 2 N–H and O–H groups in total. The smallest absolute Gasteiger partial charge is 0.462 e. The summed E-state index contributed by atoms with van der Waals surface area (Å²) in [7, 11) is -4.79. The Morgan fingerprint density at radius 2 is 0.730 bits per heavy atom. The van der Waals surface area contributed by atoms with Crippen molar-refractivity contribution in [3.05, 3.63) is 134 Å². The molecule has 0 aliphatic heterocycles. The van der Waals surface area contributed by atoms with E-state index in [1.54, 1.807) is 0 Å². The minimum absolute atomic E-state index is 0.0274. The molecular weight excluding hydrogens is 952 g/mol. The van der Waals surface area contributed by atoms with Crippen molar-refractivity contribution in [2.24, 2.45) is 0 Å². The number of hydrogen-bond donors (Lipinski definition) is 2. The van der Waals surface area contributed by atoms with Gasteiger partial charge in [-0.15, -0.1) is 0 Å². The van der Waals surface area contributed by atoms with Crippen molar-refractivity contribution in [3.8, 4) is 0 Å². The standard InChI is InChI=1S/C62H99O11P/c1-4-7-10-13-16-19-22-25-27-28-29-30-32-35-38-41-44-47-50-53-62(66)73-59(55-69-60(64)51-48-45-42-39-36-33-24-21-18-15-12-9-6-3)57-71-74(67,68)70-56-58(54-63)72-61(65)52-49-46-43-40-37-34-31-26-23-20-17-14-11-8-5-2/h7,9-10,12,16-21,25-27,29-31,33,35-36,38,44,47,58-59,63H,4-6,8,11,13-15,22-24,28,32,34,37,39-43,45-46,48-57H2,1-3H3,(H,67,68)/b10-7-,12-9-,19-16-,20-17-,21-18-,27-25-,30-29-,31-26-,36-33-,38-35-,47-44-. The number of aliphatic hydroxyl groups is 1. The van der Waals surface area contributed by atoms with Crippen LogP contribution in [0.5, 0.6) is 0 Å². The van der Waals surface area contributed by atoms with Gasteiger partial charge < -0.3 is 24.2 Å². The van der Waals surface area contributed by atoms with Crippen molar-refractivity contribution in [2.45, 2.75) is 213 Å². The summed E-state index contributed by atoms with van der Waals surface area (Å²) in [4.78, 5) is 48.4. The molecule has 0 aliphatic rings. The van der Waals surface area contributed by atoms with Crippen molar-refractivity contribution in [3.63, 3.8) is 0 Å². The van der Waals surface area contributed by atoms with Crippen molar-refractivity contribution in [1.82, 2.24) is 0 Å². The van der Waals surface area contributed by atoms with Gasteiger partial charge in [0, 0.05) is 19.3 Å². The second kappa shape index (κ2) is 54.9. The predicted molar refractivity (Wildman–Crippen MR) is 306 cm³/mol. The van der Waals surface area contributed by atoms with Gasteiger partial charge in [-0.05, 0) is 122 Å². The maximum atomic E-state index is 12.9. The van der Waals surface area contributed by atoms with Crippen LogP contribution in [0.25, 0.3) is 0 Å². The molecular formula is C62H99O11P. The van der Waals surface area contributed by atoms with Gasteiger partial charge in [-0.1, -0.05) is 193 Å². The van der Waals surface area contributed by atoms with E-state index in [0.717, 1.165) is 116 Å². The van der Waals surface area contributed by atoms with Gasteiger partial charge in [-0.2, -0.15) is 0 Å². The molecule has 3 atom stereocenters. The van der Waals surface area contributed by atoms with Crippen LogP contribution in [0.15, 0.2) is 134 Å². The molecule has 0 aromatic heterocycles. The number of esters is 3. The van der Waals surface area contributed by atoms with Crippen LogP contribution >= 0.6 is 7.82 Å². The molecule has 0 aliphatic carbocycles. The Labute approximate surface area is 449 Å². The lowest BCUT2D eigenvalue weighted by atomic mass is 10.1. The van der Waals surface area contributed by atoms with Gasteiger partial charge in [-0.3, -0.25) is 23.4 Å². The van der Waals surface area contributed by atoms with E-state index in [2.05, 4.69) is 142 Å². The monoisotopic (exact) mass is 1050 g/mol. The molecule has 418 valence electrons. The van der Waals surface area contributed by atoms with Gasteiger partial charge in [0.15, 0.2) is 6.10 Å². The van der Waals surface area contributed by atoms with Crippen LogP contribution in [0.3, 0.4) is 0 Å². The number of hydrogen-bond acceptors (Lipinski definition) is 10. The summed E-state index contributed by atoms with van der Waals surface area (Å²) in [6, 6.07) is 0. The molecule has 0 fully saturated rings. The van der Waals surface area contributed by atoms with Crippen LogP contribution in [0.2, 0.25) is 0 Å². The van der Waals surface area contributed by atoms with E-state index in [4.69, 9.17) is 23.3 Å². The average molecular weight is 1050 g/mol. The van der Waals surface area contributed by atoms with Crippen LogP contribution in [-0.4, -0.2) is 66.5 Å². The second-order valence-electron chi connectivity index (χ2n) is 18.0. The lowest BCUT2D eigenvalue weighted by Crippen LogP contribution is -2.30. The zero-order chi connectivity index (χ0) is 54.1. The normalized spacial score (nSPS) is 14.4. The number of phosphoric ester groups is 1. The topological polar surface area (TPSA) is 155 Å². The zero-order valence-electron chi connectivity index (χ0n) is 46.0. The van der Waals surface area contributed by atoms with Crippen molar-refractivity contribution in [2.75, 3.05) is 26.4 Å². The summed E-state index contributed by atoms with van der Waals surface area (Å²) >= 11 is 0. The van der Waals surface area contributed by atoms with Crippen LogP contribution < -0.4 is 0 Å². The Kier molecular flexibility index (Phi) is 51.6. The molecule has 3 unspecified atom stereocenters. The molecule has 0 aromatic rings. The van der Waals surface area contributed by atoms with Crippen LogP contribution in [0, 0.1) is 0 Å². The lowest BCUT2D eigenvalue weighted by Gasteiger charge is -2.21. The quantitative estimate of drug-likeness (QED) is 0.0197. The third-order valence-electron chi connectivity index (χ3n) is 11.1. The first kappa shape index (κ1) is 69.6. The molecule has 0 saturated carbocycles. The molecule has 0 radical (unpaired) electrons. The van der Waals surface area contributed by atoms with Crippen molar-refractivity contribution in [1.29, 1.82) is 0 Å². The van der Waals surface area contributed by atoms with E-state index in [-0.39, 0.29) is 25.9 Å². The summed E-state index contributed by atoms with van der Waals surface area (Å²) in [5.41, 5.74) is 0. The molecule has 11 nitrogen and oxygen atoms in total. The zero-order valence-corrected chi connectivity index (χ0v) is 46.9. The lowest BCUT2D eigenvalue weighted by molar-refractivity contribution is -0.161. The number of carbonyl (C=O) groups excluding carboxylic acids is 3. The van der Waals surface area contributed by atoms with Gasteiger partial charge in [0.05, 0.1) is 19.8 Å². The molecule has 0 bridgehead atoms. The second-order valence-corrected chi connectivity index (χ2v) is 19.4. The highest BCUT2D eigenvalue weighted by atomic mass is 31.2. The van der Waals surface area contributed by atoms with Crippen LogP contribution in [-0.2, 0) is 42.2 Å². The molecule has 0 aromatic carbocycles.